The van der Waals surface area contributed by atoms with Gasteiger partial charge in [0.1, 0.15) is 11.9 Å². The summed E-state index contributed by atoms with van der Waals surface area (Å²) in [5.41, 5.74) is 0. The number of rotatable bonds is 6. The van der Waals surface area contributed by atoms with Crippen molar-refractivity contribution in [2.75, 3.05) is 13.6 Å². The third-order valence-electron chi connectivity index (χ3n) is 3.52. The second-order valence-electron chi connectivity index (χ2n) is 5.21. The number of nitrogens with zero attached hydrogens (tertiary/aromatic N) is 5. The molecule has 0 saturated carbocycles. The molecule has 10 nitrogen and oxygen atoms in total. The molecule has 0 aromatic carbocycles. The lowest BCUT2D eigenvalue weighted by Crippen LogP contribution is -2.33. The molecule has 0 aliphatic rings. The van der Waals surface area contributed by atoms with Crippen LogP contribution in [0, 0.1) is 0 Å². The smallest absolute Gasteiger partial charge is 0.290 e. The minimum Gasteiger partial charge on any atom is -0.483 e. The molecule has 10 heteroatoms. The molecule has 2 N–H and O–H groups in total. The average molecular weight is 367 g/mol. The molecule has 1 atom stereocenters. The molecule has 2 aromatic heterocycles. The summed E-state index contributed by atoms with van der Waals surface area (Å²) < 4.78 is 3.83. The lowest BCUT2D eigenvalue weighted by Gasteiger charge is -2.22. The van der Waals surface area contributed by atoms with Crippen LogP contribution in [0.3, 0.4) is 0 Å². The van der Waals surface area contributed by atoms with Crippen molar-refractivity contribution in [2.45, 2.75) is 25.8 Å². The predicted molar refractivity (Wildman–Crippen MR) is 93.5 cm³/mol. The first-order valence-electron chi connectivity index (χ1n) is 7.77. The standard InChI is InChI=1S/C14H21N5O.2CH2O2/c1-12(19-10-6-15-11-19)14(20)18(3)8-4-5-13-16-7-9-17(13)2;2*2-1-3/h6-7,9-12H,4-5,8H2,1-3H3;2*1H,(H,2,3). The van der Waals surface area contributed by atoms with Crippen molar-refractivity contribution < 1.29 is 24.6 Å². The number of carboxylic acid groups (broad SMARTS) is 2. The Labute approximate surface area is 151 Å². The zero-order valence-electron chi connectivity index (χ0n) is 15.1. The molecule has 0 spiro atoms. The van der Waals surface area contributed by atoms with Crippen LogP contribution < -0.4 is 0 Å². The second kappa shape index (κ2) is 13.2. The fraction of sp³-hybridized carbons (Fsp3) is 0.438. The fourth-order valence-corrected chi connectivity index (χ4v) is 2.17. The molecule has 0 radical (unpaired) electrons. The highest BCUT2D eigenvalue weighted by Gasteiger charge is 2.18. The molecule has 0 bridgehead atoms. The van der Waals surface area contributed by atoms with Gasteiger partial charge >= 0.3 is 0 Å². The largest absolute Gasteiger partial charge is 0.483 e. The normalized spacial score (nSPS) is 10.4. The second-order valence-corrected chi connectivity index (χ2v) is 5.21. The summed E-state index contributed by atoms with van der Waals surface area (Å²) in [4.78, 5) is 39.0. The van der Waals surface area contributed by atoms with Crippen LogP contribution in [0.5, 0.6) is 0 Å². The Hall–Kier alpha value is -3.17. The molecule has 2 heterocycles. The van der Waals surface area contributed by atoms with E-state index in [2.05, 4.69) is 9.97 Å². The van der Waals surface area contributed by atoms with Gasteiger partial charge in [0.25, 0.3) is 12.9 Å². The summed E-state index contributed by atoms with van der Waals surface area (Å²) in [6, 6.07) is -0.212. The Morgan fingerprint density at radius 1 is 1.27 bits per heavy atom. The highest BCUT2D eigenvalue weighted by Crippen LogP contribution is 2.09. The molecule has 0 fully saturated rings. The highest BCUT2D eigenvalue weighted by atomic mass is 16.3. The van der Waals surface area contributed by atoms with Gasteiger partial charge in [0, 0.05) is 51.8 Å². The highest BCUT2D eigenvalue weighted by molar-refractivity contribution is 5.79. The number of carbonyl (C=O) groups is 3. The number of aryl methyl sites for hydroxylation is 2. The molecule has 1 amide bonds. The van der Waals surface area contributed by atoms with E-state index in [4.69, 9.17) is 19.8 Å². The Balaban J connectivity index is 0.000000918. The van der Waals surface area contributed by atoms with Crippen LogP contribution in [0.15, 0.2) is 31.1 Å². The summed E-state index contributed by atoms with van der Waals surface area (Å²) >= 11 is 0. The van der Waals surface area contributed by atoms with Crippen molar-refractivity contribution in [3.05, 3.63) is 36.9 Å². The van der Waals surface area contributed by atoms with Crippen molar-refractivity contribution in [3.63, 3.8) is 0 Å². The first-order chi connectivity index (χ1) is 12.4. The van der Waals surface area contributed by atoms with E-state index in [9.17, 15) is 4.79 Å². The van der Waals surface area contributed by atoms with Crippen LogP contribution in [-0.2, 0) is 27.9 Å². The molecule has 0 saturated heterocycles. The fourth-order valence-electron chi connectivity index (χ4n) is 2.17. The van der Waals surface area contributed by atoms with Crippen molar-refractivity contribution in [2.24, 2.45) is 7.05 Å². The van der Waals surface area contributed by atoms with E-state index in [1.165, 1.54) is 0 Å². The maximum absolute atomic E-state index is 12.3. The molecule has 1 unspecified atom stereocenters. The van der Waals surface area contributed by atoms with Crippen LogP contribution in [0.4, 0.5) is 0 Å². The van der Waals surface area contributed by atoms with Gasteiger partial charge in [-0.05, 0) is 13.3 Å². The predicted octanol–water partition coefficient (Wildman–Crippen LogP) is 0.670. The topological polar surface area (TPSA) is 131 Å². The summed E-state index contributed by atoms with van der Waals surface area (Å²) in [6.07, 6.45) is 10.7. The molecular weight excluding hydrogens is 342 g/mol. The van der Waals surface area contributed by atoms with E-state index in [1.54, 1.807) is 23.6 Å². The quantitative estimate of drug-likeness (QED) is 0.718. The zero-order valence-corrected chi connectivity index (χ0v) is 15.1. The molecule has 144 valence electrons. The number of imidazole rings is 2. The Kier molecular flexibility index (Phi) is 11.6. The van der Waals surface area contributed by atoms with E-state index < -0.39 is 0 Å². The van der Waals surface area contributed by atoms with Crippen LogP contribution in [0.25, 0.3) is 0 Å². The minimum atomic E-state index is -0.250. The monoisotopic (exact) mass is 367 g/mol. The van der Waals surface area contributed by atoms with E-state index in [0.29, 0.717) is 0 Å². The maximum Gasteiger partial charge on any atom is 0.290 e. The third kappa shape index (κ3) is 8.08. The van der Waals surface area contributed by atoms with Gasteiger partial charge in [-0.3, -0.25) is 14.4 Å². The van der Waals surface area contributed by atoms with Gasteiger partial charge in [0.2, 0.25) is 5.91 Å². The van der Waals surface area contributed by atoms with Gasteiger partial charge in [-0.25, -0.2) is 9.97 Å². The maximum atomic E-state index is 12.3. The van der Waals surface area contributed by atoms with Crippen LogP contribution in [0.1, 0.15) is 25.2 Å². The average Bonchev–Trinajstić information content (AvgIpc) is 3.27. The summed E-state index contributed by atoms with van der Waals surface area (Å²) in [5.74, 6) is 1.15. The van der Waals surface area contributed by atoms with E-state index in [-0.39, 0.29) is 24.9 Å². The zero-order chi connectivity index (χ0) is 19.9. The lowest BCUT2D eigenvalue weighted by molar-refractivity contribution is -0.133. The van der Waals surface area contributed by atoms with Crippen LogP contribution in [0.2, 0.25) is 0 Å². The van der Waals surface area contributed by atoms with E-state index in [0.717, 1.165) is 25.2 Å². The summed E-state index contributed by atoms with van der Waals surface area (Å²) in [7, 11) is 3.83. The number of hydrogen-bond acceptors (Lipinski definition) is 5. The first-order valence-corrected chi connectivity index (χ1v) is 7.77. The molecule has 0 aliphatic heterocycles. The molecular formula is C16H25N5O5. The number of aromatic nitrogens is 4. The third-order valence-corrected chi connectivity index (χ3v) is 3.52. The Morgan fingerprint density at radius 2 is 1.88 bits per heavy atom. The molecule has 26 heavy (non-hydrogen) atoms. The van der Waals surface area contributed by atoms with Crippen molar-refractivity contribution in [3.8, 4) is 0 Å². The van der Waals surface area contributed by atoms with Crippen molar-refractivity contribution in [1.29, 1.82) is 0 Å². The number of carbonyl (C=O) groups excluding carboxylic acids is 1. The van der Waals surface area contributed by atoms with Gasteiger partial charge in [0.15, 0.2) is 0 Å². The Morgan fingerprint density at radius 3 is 2.35 bits per heavy atom. The number of likely N-dealkylation sites (N-methyl/N-ethyl adjacent to an activating group) is 1. The SMILES string of the molecule is CC(C(=O)N(C)CCCc1nccn1C)n1ccnc1.O=CO.O=CO. The van der Waals surface area contributed by atoms with Gasteiger partial charge < -0.3 is 24.2 Å². The molecule has 2 aromatic rings. The number of hydrogen-bond donors (Lipinski definition) is 2. The van der Waals surface area contributed by atoms with E-state index >= 15 is 0 Å². The number of amides is 1. The molecule has 2 rings (SSSR count). The van der Waals surface area contributed by atoms with Gasteiger partial charge in [-0.15, -0.1) is 0 Å². The van der Waals surface area contributed by atoms with Gasteiger partial charge in [-0.2, -0.15) is 0 Å². The van der Waals surface area contributed by atoms with Crippen molar-refractivity contribution >= 4 is 18.9 Å². The van der Waals surface area contributed by atoms with Crippen LogP contribution >= 0.6 is 0 Å². The van der Waals surface area contributed by atoms with Gasteiger partial charge in [-0.1, -0.05) is 0 Å². The summed E-state index contributed by atoms with van der Waals surface area (Å²) in [6.45, 7) is 2.12. The lowest BCUT2D eigenvalue weighted by atomic mass is 10.2. The minimum absolute atomic E-state index is 0.0999. The molecule has 0 aliphatic carbocycles. The first kappa shape index (κ1) is 22.8. The Bertz CT molecular complexity index is 635. The van der Waals surface area contributed by atoms with Crippen LogP contribution in [-0.4, -0.2) is 66.7 Å². The van der Waals surface area contributed by atoms with Crippen molar-refractivity contribution in [1.82, 2.24) is 24.0 Å². The summed E-state index contributed by atoms with van der Waals surface area (Å²) in [5, 5.41) is 13.8. The van der Waals surface area contributed by atoms with Gasteiger partial charge in [0.05, 0.1) is 6.33 Å². The van der Waals surface area contributed by atoms with E-state index in [1.807, 2.05) is 42.5 Å².